The maximum Gasteiger partial charge on any atom is 0.234 e. The predicted octanol–water partition coefficient (Wildman–Crippen LogP) is 3.88. The maximum atomic E-state index is 12.4. The molecule has 3 aromatic rings. The lowest BCUT2D eigenvalue weighted by Gasteiger charge is -2.16. The van der Waals surface area contributed by atoms with Crippen LogP contribution in [-0.4, -0.2) is 20.7 Å². The number of rotatable bonds is 6. The third-order valence-corrected chi connectivity index (χ3v) is 4.06. The van der Waals surface area contributed by atoms with Crippen molar-refractivity contribution in [1.29, 1.82) is 0 Å². The summed E-state index contributed by atoms with van der Waals surface area (Å²) in [5, 5.41) is 7.45. The molecule has 0 saturated carbocycles. The van der Waals surface area contributed by atoms with Crippen molar-refractivity contribution in [2.45, 2.75) is 46.1 Å². The van der Waals surface area contributed by atoms with Crippen LogP contribution < -0.4 is 5.32 Å². The van der Waals surface area contributed by atoms with Gasteiger partial charge in [0.2, 0.25) is 11.8 Å². The van der Waals surface area contributed by atoms with Crippen LogP contribution in [0.4, 0.5) is 5.82 Å². The number of nitrogens with one attached hydrogen (secondary N) is 1. The van der Waals surface area contributed by atoms with Crippen molar-refractivity contribution < 1.29 is 9.21 Å². The number of aromatic nitrogens is 3. The molecule has 0 saturated heterocycles. The topological polar surface area (TPSA) is 73.0 Å². The van der Waals surface area contributed by atoms with E-state index in [2.05, 4.69) is 29.2 Å². The van der Waals surface area contributed by atoms with Crippen molar-refractivity contribution in [1.82, 2.24) is 14.8 Å². The number of fused-ring (bicyclic) bond motifs is 1. The third kappa shape index (κ3) is 3.32. The van der Waals surface area contributed by atoms with E-state index in [1.165, 1.54) is 0 Å². The summed E-state index contributed by atoms with van der Waals surface area (Å²) in [6.07, 6.45) is 2.03. The summed E-state index contributed by atoms with van der Waals surface area (Å²) < 4.78 is 7.51. The van der Waals surface area contributed by atoms with Crippen LogP contribution in [0.3, 0.4) is 0 Å². The molecule has 0 spiro atoms. The van der Waals surface area contributed by atoms with E-state index in [4.69, 9.17) is 4.42 Å². The minimum atomic E-state index is -0.159. The number of nitrogens with zero attached hydrogens (tertiary/aromatic N) is 3. The average molecular weight is 326 g/mol. The van der Waals surface area contributed by atoms with Crippen LogP contribution in [0.2, 0.25) is 0 Å². The second-order valence-electron chi connectivity index (χ2n) is 5.89. The summed E-state index contributed by atoms with van der Waals surface area (Å²) in [4.78, 5) is 16.7. The lowest BCUT2D eigenvalue weighted by Crippen LogP contribution is -2.19. The number of amides is 1. The Balaban J connectivity index is 1.75. The highest BCUT2D eigenvalue weighted by atomic mass is 16.3. The third-order valence-electron chi connectivity index (χ3n) is 4.06. The van der Waals surface area contributed by atoms with Crippen LogP contribution >= 0.6 is 0 Å². The summed E-state index contributed by atoms with van der Waals surface area (Å²) >= 11 is 0. The van der Waals surface area contributed by atoms with Gasteiger partial charge < -0.3 is 9.73 Å². The fourth-order valence-corrected chi connectivity index (χ4v) is 2.84. The van der Waals surface area contributed by atoms with E-state index in [1.807, 2.05) is 41.9 Å². The number of aryl methyl sites for hydroxylation is 1. The molecule has 0 fully saturated rings. The Morgan fingerprint density at radius 2 is 2.04 bits per heavy atom. The second kappa shape index (κ2) is 6.86. The molecule has 1 aromatic carbocycles. The maximum absolute atomic E-state index is 12.4. The molecule has 6 nitrogen and oxygen atoms in total. The average Bonchev–Trinajstić information content (AvgIpc) is 3.11. The molecule has 1 N–H and O–H groups in total. The minimum absolute atomic E-state index is 0.0990. The van der Waals surface area contributed by atoms with E-state index in [1.54, 1.807) is 0 Å². The van der Waals surface area contributed by atoms with Crippen LogP contribution in [0.25, 0.3) is 11.1 Å². The highest BCUT2D eigenvalue weighted by Gasteiger charge is 2.17. The molecule has 0 bridgehead atoms. The Kier molecular flexibility index (Phi) is 4.64. The van der Waals surface area contributed by atoms with Gasteiger partial charge in [-0.2, -0.15) is 5.10 Å². The lowest BCUT2D eigenvalue weighted by molar-refractivity contribution is -0.115. The number of benzene rings is 1. The number of carbonyl (C=O) groups excluding carboxylic acids is 1. The largest absolute Gasteiger partial charge is 0.440 e. The van der Waals surface area contributed by atoms with Crippen molar-refractivity contribution in [2.24, 2.45) is 0 Å². The number of para-hydroxylation sites is 2. The summed E-state index contributed by atoms with van der Waals surface area (Å²) in [7, 11) is 0. The van der Waals surface area contributed by atoms with E-state index in [-0.39, 0.29) is 18.4 Å². The second-order valence-corrected chi connectivity index (χ2v) is 5.89. The van der Waals surface area contributed by atoms with Crippen molar-refractivity contribution in [3.05, 3.63) is 41.9 Å². The smallest absolute Gasteiger partial charge is 0.234 e. The first-order valence-corrected chi connectivity index (χ1v) is 8.31. The van der Waals surface area contributed by atoms with Gasteiger partial charge in [0.15, 0.2) is 5.58 Å². The van der Waals surface area contributed by atoms with Gasteiger partial charge in [-0.25, -0.2) is 9.67 Å². The van der Waals surface area contributed by atoms with Gasteiger partial charge in [-0.05, 0) is 31.9 Å². The summed E-state index contributed by atoms with van der Waals surface area (Å²) in [5.74, 6) is 0.981. The minimum Gasteiger partial charge on any atom is -0.440 e. The zero-order chi connectivity index (χ0) is 17.1. The van der Waals surface area contributed by atoms with Gasteiger partial charge in [0.25, 0.3) is 0 Å². The predicted molar refractivity (Wildman–Crippen MR) is 92.9 cm³/mol. The molecular weight excluding hydrogens is 304 g/mol. The van der Waals surface area contributed by atoms with Gasteiger partial charge in [0, 0.05) is 6.07 Å². The van der Waals surface area contributed by atoms with E-state index in [9.17, 15) is 4.79 Å². The van der Waals surface area contributed by atoms with E-state index < -0.39 is 0 Å². The molecule has 0 aliphatic rings. The SMILES string of the molecule is CCC(CC)n1nc(C)cc1NC(=O)Cc1nc2ccccc2o1. The van der Waals surface area contributed by atoms with Gasteiger partial charge in [-0.3, -0.25) is 4.79 Å². The normalized spacial score (nSPS) is 11.3. The molecule has 6 heteroatoms. The number of anilines is 1. The summed E-state index contributed by atoms with van der Waals surface area (Å²) in [6, 6.07) is 9.65. The number of oxazole rings is 1. The number of hydrogen-bond donors (Lipinski definition) is 1. The summed E-state index contributed by atoms with van der Waals surface area (Å²) in [5.41, 5.74) is 2.34. The number of carbonyl (C=O) groups is 1. The zero-order valence-electron chi connectivity index (χ0n) is 14.2. The van der Waals surface area contributed by atoms with Crippen molar-refractivity contribution in [2.75, 3.05) is 5.32 Å². The van der Waals surface area contributed by atoms with Crippen LogP contribution in [0.1, 0.15) is 44.3 Å². The molecular formula is C18H22N4O2. The molecule has 2 aromatic heterocycles. The van der Waals surface area contributed by atoms with Crippen molar-refractivity contribution >= 4 is 22.8 Å². The van der Waals surface area contributed by atoms with Crippen LogP contribution in [-0.2, 0) is 11.2 Å². The van der Waals surface area contributed by atoms with Crippen LogP contribution in [0.15, 0.2) is 34.7 Å². The molecule has 2 heterocycles. The molecule has 0 unspecified atom stereocenters. The van der Waals surface area contributed by atoms with Gasteiger partial charge in [-0.1, -0.05) is 26.0 Å². The van der Waals surface area contributed by atoms with Crippen LogP contribution in [0, 0.1) is 6.92 Å². The standard InChI is InChI=1S/C18H22N4O2/c1-4-13(5-2)22-16(10-12(3)21-22)20-17(23)11-18-19-14-8-6-7-9-15(14)24-18/h6-10,13H,4-5,11H2,1-3H3,(H,20,23). The molecule has 0 aliphatic heterocycles. The first kappa shape index (κ1) is 16.2. The molecule has 0 radical (unpaired) electrons. The Labute approximate surface area is 140 Å². The molecule has 24 heavy (non-hydrogen) atoms. The van der Waals surface area contributed by atoms with Crippen molar-refractivity contribution in [3.63, 3.8) is 0 Å². The molecule has 1 amide bonds. The fourth-order valence-electron chi connectivity index (χ4n) is 2.84. The Bertz CT molecular complexity index is 813. The van der Waals surface area contributed by atoms with E-state index in [0.29, 0.717) is 11.5 Å². The fraction of sp³-hybridized carbons (Fsp3) is 0.389. The number of hydrogen-bond acceptors (Lipinski definition) is 4. The Morgan fingerprint density at radius 1 is 1.29 bits per heavy atom. The quantitative estimate of drug-likeness (QED) is 0.746. The zero-order valence-corrected chi connectivity index (χ0v) is 14.2. The highest BCUT2D eigenvalue weighted by Crippen LogP contribution is 2.22. The molecule has 0 atom stereocenters. The van der Waals surface area contributed by atoms with Gasteiger partial charge in [0.05, 0.1) is 11.7 Å². The first-order chi connectivity index (χ1) is 11.6. The van der Waals surface area contributed by atoms with Crippen LogP contribution in [0.5, 0.6) is 0 Å². The van der Waals surface area contributed by atoms with Gasteiger partial charge in [0.1, 0.15) is 17.8 Å². The Hall–Kier alpha value is -2.63. The first-order valence-electron chi connectivity index (χ1n) is 8.31. The lowest BCUT2D eigenvalue weighted by atomic mass is 10.2. The molecule has 3 rings (SSSR count). The van der Waals surface area contributed by atoms with Gasteiger partial charge in [-0.15, -0.1) is 0 Å². The van der Waals surface area contributed by atoms with E-state index >= 15 is 0 Å². The van der Waals surface area contributed by atoms with Gasteiger partial charge >= 0.3 is 0 Å². The Morgan fingerprint density at radius 3 is 2.75 bits per heavy atom. The molecule has 0 aliphatic carbocycles. The molecule has 126 valence electrons. The highest BCUT2D eigenvalue weighted by molar-refractivity contribution is 5.91. The van der Waals surface area contributed by atoms with E-state index in [0.717, 1.165) is 29.9 Å². The summed E-state index contributed by atoms with van der Waals surface area (Å²) in [6.45, 7) is 6.17. The monoisotopic (exact) mass is 326 g/mol. The van der Waals surface area contributed by atoms with Crippen molar-refractivity contribution in [3.8, 4) is 0 Å².